The molecule has 2 aromatic rings. The number of furan rings is 1. The van der Waals surface area contributed by atoms with E-state index in [1.807, 2.05) is 24.3 Å². The third-order valence-electron chi connectivity index (χ3n) is 2.16. The standard InChI is InChI=1S/C11H13ClN2O/c12-9-2-3-10-8(6-9)7-11(15-10)14-5-1-4-13/h2-3,6-7,14H,1,4-5,13H2. The number of nitrogens with one attached hydrogen (secondary N) is 1. The van der Waals surface area contributed by atoms with Crippen molar-refractivity contribution in [3.8, 4) is 0 Å². The van der Waals surface area contributed by atoms with Crippen molar-refractivity contribution < 1.29 is 4.42 Å². The van der Waals surface area contributed by atoms with Crippen molar-refractivity contribution in [3.63, 3.8) is 0 Å². The lowest BCUT2D eigenvalue weighted by atomic mass is 10.2. The molecule has 2 rings (SSSR count). The minimum atomic E-state index is 0.680. The quantitative estimate of drug-likeness (QED) is 0.786. The van der Waals surface area contributed by atoms with Crippen molar-refractivity contribution in [2.24, 2.45) is 5.73 Å². The number of fused-ring (bicyclic) bond motifs is 1. The summed E-state index contributed by atoms with van der Waals surface area (Å²) in [6, 6.07) is 7.51. The molecule has 0 amide bonds. The van der Waals surface area contributed by atoms with E-state index in [1.54, 1.807) is 0 Å². The molecular weight excluding hydrogens is 212 g/mol. The van der Waals surface area contributed by atoms with Crippen LogP contribution in [0.3, 0.4) is 0 Å². The van der Waals surface area contributed by atoms with Gasteiger partial charge in [0.15, 0.2) is 5.88 Å². The van der Waals surface area contributed by atoms with Crippen LogP contribution in [0.15, 0.2) is 28.7 Å². The lowest BCUT2D eigenvalue weighted by Gasteiger charge is -1.98. The van der Waals surface area contributed by atoms with Crippen LogP contribution in [0.25, 0.3) is 11.0 Å². The summed E-state index contributed by atoms with van der Waals surface area (Å²) < 4.78 is 5.56. The van der Waals surface area contributed by atoms with Crippen LogP contribution in [-0.2, 0) is 0 Å². The van der Waals surface area contributed by atoms with E-state index < -0.39 is 0 Å². The number of hydrogen-bond donors (Lipinski definition) is 2. The second kappa shape index (κ2) is 4.55. The molecule has 0 unspecified atom stereocenters. The summed E-state index contributed by atoms with van der Waals surface area (Å²) in [6.45, 7) is 1.50. The Morgan fingerprint density at radius 3 is 3.00 bits per heavy atom. The van der Waals surface area contributed by atoms with E-state index in [-0.39, 0.29) is 0 Å². The largest absolute Gasteiger partial charge is 0.441 e. The molecule has 0 bridgehead atoms. The van der Waals surface area contributed by atoms with Gasteiger partial charge in [0.05, 0.1) is 0 Å². The van der Waals surface area contributed by atoms with Crippen molar-refractivity contribution in [2.75, 3.05) is 18.4 Å². The fraction of sp³-hybridized carbons (Fsp3) is 0.273. The van der Waals surface area contributed by atoms with E-state index in [9.17, 15) is 0 Å². The number of benzene rings is 1. The Bertz CT molecular complexity index is 453. The first-order valence-corrected chi connectivity index (χ1v) is 5.30. The van der Waals surface area contributed by atoms with E-state index in [0.717, 1.165) is 34.8 Å². The fourth-order valence-electron chi connectivity index (χ4n) is 1.41. The highest BCUT2D eigenvalue weighted by atomic mass is 35.5. The molecule has 0 aliphatic carbocycles. The molecule has 0 atom stereocenters. The minimum absolute atomic E-state index is 0.680. The molecule has 1 aromatic heterocycles. The molecule has 4 heteroatoms. The zero-order valence-electron chi connectivity index (χ0n) is 8.29. The first-order chi connectivity index (χ1) is 7.29. The molecule has 0 fully saturated rings. The number of anilines is 1. The van der Waals surface area contributed by atoms with Gasteiger partial charge in [0, 0.05) is 23.0 Å². The van der Waals surface area contributed by atoms with Gasteiger partial charge in [-0.15, -0.1) is 0 Å². The first kappa shape index (κ1) is 10.3. The first-order valence-electron chi connectivity index (χ1n) is 4.92. The van der Waals surface area contributed by atoms with Crippen LogP contribution in [0.5, 0.6) is 0 Å². The molecule has 15 heavy (non-hydrogen) atoms. The maximum atomic E-state index is 5.88. The van der Waals surface area contributed by atoms with Crippen LogP contribution in [0.1, 0.15) is 6.42 Å². The van der Waals surface area contributed by atoms with Crippen LogP contribution in [0.2, 0.25) is 5.02 Å². The monoisotopic (exact) mass is 224 g/mol. The van der Waals surface area contributed by atoms with Crippen LogP contribution >= 0.6 is 11.6 Å². The third kappa shape index (κ3) is 2.43. The number of hydrogen-bond acceptors (Lipinski definition) is 3. The van der Waals surface area contributed by atoms with E-state index in [0.29, 0.717) is 6.54 Å². The van der Waals surface area contributed by atoms with Gasteiger partial charge in [0.2, 0.25) is 0 Å². The summed E-state index contributed by atoms with van der Waals surface area (Å²) in [5.74, 6) is 0.765. The second-order valence-corrected chi connectivity index (χ2v) is 3.80. The van der Waals surface area contributed by atoms with Gasteiger partial charge >= 0.3 is 0 Å². The van der Waals surface area contributed by atoms with Gasteiger partial charge in [0.25, 0.3) is 0 Å². The molecule has 0 radical (unpaired) electrons. The van der Waals surface area contributed by atoms with Gasteiger partial charge in [-0.3, -0.25) is 0 Å². The zero-order valence-corrected chi connectivity index (χ0v) is 9.05. The molecule has 0 saturated carbocycles. The lowest BCUT2D eigenvalue weighted by molar-refractivity contribution is 0.624. The Hall–Kier alpha value is -1.19. The molecule has 0 aliphatic heterocycles. The van der Waals surface area contributed by atoms with Crippen LogP contribution in [-0.4, -0.2) is 13.1 Å². The Kier molecular flexibility index (Phi) is 3.14. The number of rotatable bonds is 4. The summed E-state index contributed by atoms with van der Waals surface area (Å²) in [6.07, 6.45) is 0.928. The van der Waals surface area contributed by atoms with Gasteiger partial charge in [-0.05, 0) is 31.2 Å². The highest BCUT2D eigenvalue weighted by molar-refractivity contribution is 6.31. The molecule has 80 valence electrons. The molecule has 1 heterocycles. The molecule has 0 aliphatic rings. The molecule has 3 nitrogen and oxygen atoms in total. The summed E-state index contributed by atoms with van der Waals surface area (Å²) in [5, 5.41) is 4.90. The highest BCUT2D eigenvalue weighted by Crippen LogP contribution is 2.25. The van der Waals surface area contributed by atoms with Gasteiger partial charge in [0.1, 0.15) is 5.58 Å². The summed E-state index contributed by atoms with van der Waals surface area (Å²) in [4.78, 5) is 0. The smallest absolute Gasteiger partial charge is 0.194 e. The van der Waals surface area contributed by atoms with Gasteiger partial charge in [-0.25, -0.2) is 0 Å². The van der Waals surface area contributed by atoms with E-state index in [1.165, 1.54) is 0 Å². The normalized spacial score (nSPS) is 10.8. The topological polar surface area (TPSA) is 51.2 Å². The van der Waals surface area contributed by atoms with Crippen molar-refractivity contribution in [3.05, 3.63) is 29.3 Å². The molecule has 3 N–H and O–H groups in total. The average molecular weight is 225 g/mol. The molecular formula is C11H13ClN2O. The van der Waals surface area contributed by atoms with Gasteiger partial charge < -0.3 is 15.5 Å². The van der Waals surface area contributed by atoms with Crippen molar-refractivity contribution in [2.45, 2.75) is 6.42 Å². The summed E-state index contributed by atoms with van der Waals surface area (Å²) in [5.41, 5.74) is 6.24. The Labute approximate surface area is 93.2 Å². The maximum absolute atomic E-state index is 5.88. The van der Waals surface area contributed by atoms with Gasteiger partial charge in [-0.2, -0.15) is 0 Å². The predicted octanol–water partition coefficient (Wildman–Crippen LogP) is 2.85. The second-order valence-electron chi connectivity index (χ2n) is 3.36. The molecule has 1 aromatic carbocycles. The van der Waals surface area contributed by atoms with Crippen molar-refractivity contribution >= 4 is 28.5 Å². The molecule has 0 spiro atoms. The molecule has 0 saturated heterocycles. The summed E-state index contributed by atoms with van der Waals surface area (Å²) in [7, 11) is 0. The predicted molar refractivity (Wildman–Crippen MR) is 63.4 cm³/mol. The Balaban J connectivity index is 2.16. The Morgan fingerprint density at radius 1 is 1.33 bits per heavy atom. The van der Waals surface area contributed by atoms with E-state index >= 15 is 0 Å². The average Bonchev–Trinajstić information content (AvgIpc) is 2.60. The van der Waals surface area contributed by atoms with E-state index in [2.05, 4.69) is 5.32 Å². The number of nitrogens with two attached hydrogens (primary N) is 1. The summed E-state index contributed by atoms with van der Waals surface area (Å²) >= 11 is 5.88. The minimum Gasteiger partial charge on any atom is -0.441 e. The third-order valence-corrected chi connectivity index (χ3v) is 2.39. The Morgan fingerprint density at radius 2 is 2.20 bits per heavy atom. The SMILES string of the molecule is NCCCNc1cc2cc(Cl)ccc2o1. The van der Waals surface area contributed by atoms with Crippen molar-refractivity contribution in [1.29, 1.82) is 0 Å². The fourth-order valence-corrected chi connectivity index (χ4v) is 1.60. The maximum Gasteiger partial charge on any atom is 0.194 e. The number of halogens is 1. The van der Waals surface area contributed by atoms with Gasteiger partial charge in [-0.1, -0.05) is 11.6 Å². The zero-order chi connectivity index (χ0) is 10.7. The van der Waals surface area contributed by atoms with E-state index in [4.69, 9.17) is 21.8 Å². The van der Waals surface area contributed by atoms with Crippen LogP contribution in [0, 0.1) is 0 Å². The van der Waals surface area contributed by atoms with Crippen LogP contribution < -0.4 is 11.1 Å². The highest BCUT2D eigenvalue weighted by Gasteiger charge is 2.02. The lowest BCUT2D eigenvalue weighted by Crippen LogP contribution is -2.07. The van der Waals surface area contributed by atoms with Crippen molar-refractivity contribution in [1.82, 2.24) is 0 Å². The van der Waals surface area contributed by atoms with Crippen LogP contribution in [0.4, 0.5) is 5.88 Å².